The molecule has 3 rings (SSSR count). The third-order valence-electron chi connectivity index (χ3n) is 3.64. The van der Waals surface area contributed by atoms with Crippen LogP contribution in [0.4, 0.5) is 0 Å². The monoisotopic (exact) mass is 336 g/mol. The number of aromatic nitrogens is 1. The fourth-order valence-corrected chi connectivity index (χ4v) is 3.55. The van der Waals surface area contributed by atoms with Crippen LogP contribution in [0, 0.1) is 0 Å². The number of carbonyl (C=O) groups is 1. The van der Waals surface area contributed by atoms with Crippen LogP contribution >= 0.6 is 22.9 Å². The molecule has 1 aromatic carbocycles. The van der Waals surface area contributed by atoms with Gasteiger partial charge >= 0.3 is 0 Å². The molecule has 0 radical (unpaired) electrons. The van der Waals surface area contributed by atoms with E-state index < -0.39 is 0 Å². The summed E-state index contributed by atoms with van der Waals surface area (Å²) in [4.78, 5) is 18.7. The summed E-state index contributed by atoms with van der Waals surface area (Å²) in [7, 11) is 0. The quantitative estimate of drug-likeness (QED) is 0.882. The van der Waals surface area contributed by atoms with Crippen LogP contribution in [0.15, 0.2) is 29.6 Å². The van der Waals surface area contributed by atoms with Crippen molar-refractivity contribution in [3.8, 4) is 10.6 Å². The number of rotatable bonds is 6. The van der Waals surface area contributed by atoms with Gasteiger partial charge in [-0.15, -0.1) is 11.3 Å². The largest absolute Gasteiger partial charge is 0.395 e. The highest BCUT2D eigenvalue weighted by molar-refractivity contribution is 7.13. The molecule has 116 valence electrons. The van der Waals surface area contributed by atoms with Crippen molar-refractivity contribution in [3.63, 3.8) is 0 Å². The number of amides is 1. The number of halogens is 1. The maximum Gasteiger partial charge on any atom is 0.228 e. The molecule has 4 nitrogen and oxygen atoms in total. The van der Waals surface area contributed by atoms with Crippen LogP contribution in [0.5, 0.6) is 0 Å². The Labute approximate surface area is 138 Å². The van der Waals surface area contributed by atoms with Gasteiger partial charge in [0.2, 0.25) is 5.91 Å². The van der Waals surface area contributed by atoms with Crippen molar-refractivity contribution in [1.29, 1.82) is 0 Å². The van der Waals surface area contributed by atoms with Crippen molar-refractivity contribution in [2.45, 2.75) is 25.3 Å². The minimum Gasteiger partial charge on any atom is -0.395 e. The van der Waals surface area contributed by atoms with E-state index in [1.165, 1.54) is 11.3 Å². The number of benzene rings is 1. The minimum absolute atomic E-state index is 0.00415. The van der Waals surface area contributed by atoms with Crippen molar-refractivity contribution in [2.75, 3.05) is 13.2 Å². The lowest BCUT2D eigenvalue weighted by Crippen LogP contribution is -2.36. The molecule has 0 aliphatic heterocycles. The van der Waals surface area contributed by atoms with Crippen LogP contribution < -0.4 is 0 Å². The number of hydrogen-bond donors (Lipinski definition) is 1. The highest BCUT2D eigenvalue weighted by Gasteiger charge is 2.32. The Morgan fingerprint density at radius 1 is 1.41 bits per heavy atom. The molecule has 1 aliphatic rings. The summed E-state index contributed by atoms with van der Waals surface area (Å²) in [6.07, 6.45) is 2.35. The maximum absolute atomic E-state index is 12.4. The second-order valence-electron chi connectivity index (χ2n) is 5.34. The summed E-state index contributed by atoms with van der Waals surface area (Å²) in [6.45, 7) is 0.412. The standard InChI is InChI=1S/C16H17ClN2O2S/c17-14-4-2-1-3-13(14)16-18-11(10-22-16)9-15(21)19(7-8-20)12-5-6-12/h1-4,10,12,20H,5-9H2. The summed E-state index contributed by atoms with van der Waals surface area (Å²) in [5.41, 5.74) is 1.65. The molecule has 1 fully saturated rings. The number of hydrogen-bond acceptors (Lipinski definition) is 4. The molecule has 6 heteroatoms. The van der Waals surface area contributed by atoms with Gasteiger partial charge in [-0.1, -0.05) is 29.8 Å². The fraction of sp³-hybridized carbons (Fsp3) is 0.375. The first-order chi connectivity index (χ1) is 10.7. The first-order valence-electron chi connectivity index (χ1n) is 7.28. The molecule has 1 saturated carbocycles. The van der Waals surface area contributed by atoms with Gasteiger partial charge in [-0.25, -0.2) is 4.98 Å². The Balaban J connectivity index is 1.71. The number of thiazole rings is 1. The third kappa shape index (κ3) is 3.48. The average molecular weight is 337 g/mol. The Kier molecular flexibility index (Phi) is 4.76. The molecule has 1 aliphatic carbocycles. The van der Waals surface area contributed by atoms with Crippen LogP contribution in [0.3, 0.4) is 0 Å². The molecule has 0 saturated heterocycles. The highest BCUT2D eigenvalue weighted by atomic mass is 35.5. The number of nitrogens with zero attached hydrogens (tertiary/aromatic N) is 2. The average Bonchev–Trinajstić information content (AvgIpc) is 3.25. The fourth-order valence-electron chi connectivity index (χ4n) is 2.41. The van der Waals surface area contributed by atoms with E-state index in [1.54, 1.807) is 4.90 Å². The summed E-state index contributed by atoms with van der Waals surface area (Å²) < 4.78 is 0. The molecule has 0 atom stereocenters. The second kappa shape index (κ2) is 6.77. The summed E-state index contributed by atoms with van der Waals surface area (Å²) >= 11 is 7.67. The van der Waals surface area contributed by atoms with E-state index in [9.17, 15) is 4.79 Å². The highest BCUT2D eigenvalue weighted by Crippen LogP contribution is 2.31. The van der Waals surface area contributed by atoms with E-state index in [1.807, 2.05) is 29.6 Å². The normalized spacial score (nSPS) is 14.1. The molecule has 0 spiro atoms. The SMILES string of the molecule is O=C(Cc1csc(-c2ccccc2Cl)n1)N(CCO)C1CC1. The van der Waals surface area contributed by atoms with Crippen molar-refractivity contribution in [1.82, 2.24) is 9.88 Å². The molecule has 1 N–H and O–H groups in total. The zero-order chi connectivity index (χ0) is 15.5. The van der Waals surface area contributed by atoms with E-state index in [0.29, 0.717) is 17.6 Å². The van der Waals surface area contributed by atoms with Crippen LogP contribution in [0.2, 0.25) is 5.02 Å². The molecular formula is C16H17ClN2O2S. The Morgan fingerprint density at radius 3 is 2.86 bits per heavy atom. The smallest absolute Gasteiger partial charge is 0.228 e. The van der Waals surface area contributed by atoms with E-state index in [0.717, 1.165) is 29.1 Å². The van der Waals surface area contributed by atoms with Crippen molar-refractivity contribution >= 4 is 28.8 Å². The van der Waals surface area contributed by atoms with Crippen LogP contribution in [0.1, 0.15) is 18.5 Å². The van der Waals surface area contributed by atoms with Gasteiger partial charge in [0.05, 0.1) is 23.7 Å². The number of aliphatic hydroxyl groups excluding tert-OH is 1. The molecule has 1 heterocycles. The van der Waals surface area contributed by atoms with E-state index in [2.05, 4.69) is 4.98 Å². The van der Waals surface area contributed by atoms with Crippen LogP contribution in [0.25, 0.3) is 10.6 Å². The van der Waals surface area contributed by atoms with E-state index in [4.69, 9.17) is 16.7 Å². The molecule has 0 unspecified atom stereocenters. The van der Waals surface area contributed by atoms with Gasteiger partial charge in [-0.3, -0.25) is 4.79 Å². The van der Waals surface area contributed by atoms with Crippen molar-refractivity contribution < 1.29 is 9.90 Å². The van der Waals surface area contributed by atoms with Gasteiger partial charge in [-0.05, 0) is 18.9 Å². The predicted octanol–water partition coefficient (Wildman–Crippen LogP) is 2.99. The van der Waals surface area contributed by atoms with Gasteiger partial charge in [0, 0.05) is 23.5 Å². The molecule has 1 aromatic heterocycles. The first-order valence-corrected chi connectivity index (χ1v) is 8.54. The summed E-state index contributed by atoms with van der Waals surface area (Å²) in [6, 6.07) is 7.87. The van der Waals surface area contributed by atoms with E-state index in [-0.39, 0.29) is 18.9 Å². The van der Waals surface area contributed by atoms with Crippen LogP contribution in [-0.4, -0.2) is 40.1 Å². The number of carbonyl (C=O) groups excluding carboxylic acids is 1. The zero-order valence-electron chi connectivity index (χ0n) is 12.0. The predicted molar refractivity (Wildman–Crippen MR) is 88.1 cm³/mol. The van der Waals surface area contributed by atoms with E-state index >= 15 is 0 Å². The van der Waals surface area contributed by atoms with Gasteiger partial charge < -0.3 is 10.0 Å². The molecule has 22 heavy (non-hydrogen) atoms. The first kappa shape index (κ1) is 15.5. The van der Waals surface area contributed by atoms with Crippen LogP contribution in [-0.2, 0) is 11.2 Å². The summed E-state index contributed by atoms with van der Waals surface area (Å²) in [5.74, 6) is 0.0348. The van der Waals surface area contributed by atoms with Crippen molar-refractivity contribution in [3.05, 3.63) is 40.4 Å². The van der Waals surface area contributed by atoms with Gasteiger partial charge in [0.25, 0.3) is 0 Å². The molecule has 2 aromatic rings. The summed E-state index contributed by atoms with van der Waals surface area (Å²) in [5, 5.41) is 12.5. The lowest BCUT2D eigenvalue weighted by molar-refractivity contribution is -0.131. The lowest BCUT2D eigenvalue weighted by Gasteiger charge is -2.20. The van der Waals surface area contributed by atoms with Gasteiger partial charge in [0.15, 0.2) is 0 Å². The van der Waals surface area contributed by atoms with Gasteiger partial charge in [-0.2, -0.15) is 0 Å². The maximum atomic E-state index is 12.4. The third-order valence-corrected chi connectivity index (χ3v) is 4.89. The Bertz CT molecular complexity index is 670. The Hall–Kier alpha value is -1.43. The second-order valence-corrected chi connectivity index (χ2v) is 6.61. The number of aliphatic hydroxyl groups is 1. The topological polar surface area (TPSA) is 53.4 Å². The molecule has 0 bridgehead atoms. The van der Waals surface area contributed by atoms with Crippen molar-refractivity contribution in [2.24, 2.45) is 0 Å². The molecule has 1 amide bonds. The Morgan fingerprint density at radius 2 is 2.18 bits per heavy atom. The van der Waals surface area contributed by atoms with Gasteiger partial charge in [0.1, 0.15) is 5.01 Å². The minimum atomic E-state index is 0.00415. The molecular weight excluding hydrogens is 320 g/mol. The lowest BCUT2D eigenvalue weighted by atomic mass is 10.2. The zero-order valence-corrected chi connectivity index (χ0v) is 13.6.